The number of nitrogens with one attached hydrogen (secondary N) is 1. The van der Waals surface area contributed by atoms with Crippen molar-refractivity contribution < 1.29 is 14.3 Å². The molecule has 152 valence electrons. The van der Waals surface area contributed by atoms with E-state index in [9.17, 15) is 4.79 Å². The summed E-state index contributed by atoms with van der Waals surface area (Å²) in [7, 11) is 5.00. The first-order valence-corrected chi connectivity index (χ1v) is 9.42. The van der Waals surface area contributed by atoms with Gasteiger partial charge < -0.3 is 25.4 Å². The Kier molecular flexibility index (Phi) is 10.2. The smallest absolute Gasteiger partial charge is 0.217 e. The van der Waals surface area contributed by atoms with Gasteiger partial charge in [-0.1, -0.05) is 0 Å². The van der Waals surface area contributed by atoms with Crippen LogP contribution in [0.4, 0.5) is 0 Å². The molecule has 27 heavy (non-hydrogen) atoms. The highest BCUT2D eigenvalue weighted by Crippen LogP contribution is 2.36. The lowest BCUT2D eigenvalue weighted by Crippen LogP contribution is -2.46. The number of piperidine rings is 1. The number of primary amides is 1. The fourth-order valence-electron chi connectivity index (χ4n) is 3.30. The normalized spacial score (nSPS) is 17.1. The molecule has 1 saturated heterocycles. The van der Waals surface area contributed by atoms with Crippen LogP contribution in [-0.4, -0.2) is 51.1 Å². The summed E-state index contributed by atoms with van der Waals surface area (Å²) in [5.41, 5.74) is 6.39. The number of rotatable bonds is 6. The summed E-state index contributed by atoms with van der Waals surface area (Å²) >= 11 is 3.51. The van der Waals surface area contributed by atoms with Crippen LogP contribution < -0.4 is 20.5 Å². The van der Waals surface area contributed by atoms with E-state index >= 15 is 0 Å². The van der Waals surface area contributed by atoms with Gasteiger partial charge in [0.05, 0.1) is 18.7 Å². The summed E-state index contributed by atoms with van der Waals surface area (Å²) in [4.78, 5) is 17.8. The summed E-state index contributed by atoms with van der Waals surface area (Å²) in [6.07, 6.45) is 2.48. The average Bonchev–Trinajstić information content (AvgIpc) is 2.61. The first-order chi connectivity index (χ1) is 12.5. The van der Waals surface area contributed by atoms with Crippen LogP contribution in [0, 0.1) is 5.92 Å². The molecular weight excluding hydrogens is 527 g/mol. The monoisotopic (exact) mass is 554 g/mol. The van der Waals surface area contributed by atoms with Crippen molar-refractivity contribution in [2.24, 2.45) is 16.6 Å². The van der Waals surface area contributed by atoms with Crippen molar-refractivity contribution in [3.05, 3.63) is 22.2 Å². The van der Waals surface area contributed by atoms with Crippen molar-refractivity contribution in [2.45, 2.75) is 25.8 Å². The zero-order valence-corrected chi connectivity index (χ0v) is 19.9. The van der Waals surface area contributed by atoms with Crippen LogP contribution in [0.15, 0.2) is 21.6 Å². The third kappa shape index (κ3) is 6.70. The molecule has 0 spiro atoms. The van der Waals surface area contributed by atoms with E-state index in [1.807, 2.05) is 12.1 Å². The Morgan fingerprint density at radius 3 is 2.74 bits per heavy atom. The van der Waals surface area contributed by atoms with Gasteiger partial charge in [0.15, 0.2) is 17.5 Å². The van der Waals surface area contributed by atoms with Gasteiger partial charge in [0, 0.05) is 33.1 Å². The Morgan fingerprint density at radius 1 is 1.41 bits per heavy atom. The molecule has 0 aromatic heterocycles. The number of carbonyl (C=O) groups excluding carboxylic acids is 1. The Morgan fingerprint density at radius 2 is 2.15 bits per heavy atom. The van der Waals surface area contributed by atoms with E-state index in [0.717, 1.165) is 41.9 Å². The quantitative estimate of drug-likeness (QED) is 0.321. The third-order valence-corrected chi connectivity index (χ3v) is 5.05. The van der Waals surface area contributed by atoms with Crippen LogP contribution in [0.3, 0.4) is 0 Å². The molecule has 1 fully saturated rings. The molecule has 0 bridgehead atoms. The Hall–Kier alpha value is -1.23. The van der Waals surface area contributed by atoms with E-state index < -0.39 is 0 Å². The Labute approximate surface area is 186 Å². The molecule has 1 atom stereocenters. The van der Waals surface area contributed by atoms with Crippen LogP contribution in [0.2, 0.25) is 0 Å². The highest BCUT2D eigenvalue weighted by Gasteiger charge is 2.23. The fraction of sp³-hybridized carbons (Fsp3) is 0.556. The topological polar surface area (TPSA) is 89.2 Å². The Bertz CT molecular complexity index is 672. The summed E-state index contributed by atoms with van der Waals surface area (Å²) in [6.45, 7) is 2.31. The van der Waals surface area contributed by atoms with Gasteiger partial charge in [0.25, 0.3) is 0 Å². The SMILES string of the molecule is CN=C(NCc1cc(Br)c(OC)c(OC)c1)N1CCCC(CC(N)=O)C1.I. The van der Waals surface area contributed by atoms with Gasteiger partial charge in [-0.3, -0.25) is 9.79 Å². The van der Waals surface area contributed by atoms with Crippen molar-refractivity contribution in [1.82, 2.24) is 10.2 Å². The van der Waals surface area contributed by atoms with Gasteiger partial charge >= 0.3 is 0 Å². The maximum atomic E-state index is 11.2. The molecule has 1 amide bonds. The van der Waals surface area contributed by atoms with Crippen molar-refractivity contribution in [3.63, 3.8) is 0 Å². The van der Waals surface area contributed by atoms with Crippen LogP contribution in [0.25, 0.3) is 0 Å². The van der Waals surface area contributed by atoms with Gasteiger partial charge in [0.1, 0.15) is 0 Å². The van der Waals surface area contributed by atoms with Crippen molar-refractivity contribution in [2.75, 3.05) is 34.4 Å². The van der Waals surface area contributed by atoms with Crippen molar-refractivity contribution in [1.29, 1.82) is 0 Å². The summed E-state index contributed by atoms with van der Waals surface area (Å²) in [5.74, 6) is 2.22. The van der Waals surface area contributed by atoms with Gasteiger partial charge in [-0.2, -0.15) is 0 Å². The number of hydrogen-bond donors (Lipinski definition) is 2. The molecule has 0 saturated carbocycles. The minimum atomic E-state index is -0.241. The minimum Gasteiger partial charge on any atom is -0.493 e. The van der Waals surface area contributed by atoms with Crippen LogP contribution in [0.1, 0.15) is 24.8 Å². The largest absolute Gasteiger partial charge is 0.493 e. The number of amides is 1. The summed E-state index contributed by atoms with van der Waals surface area (Å²) in [5, 5.41) is 3.39. The molecule has 0 aliphatic carbocycles. The first kappa shape index (κ1) is 23.8. The number of methoxy groups -OCH3 is 2. The molecule has 1 heterocycles. The van der Waals surface area contributed by atoms with Crippen LogP contribution in [-0.2, 0) is 11.3 Å². The maximum absolute atomic E-state index is 11.2. The highest BCUT2D eigenvalue weighted by atomic mass is 127. The molecule has 0 radical (unpaired) electrons. The molecule has 1 aromatic rings. The van der Waals surface area contributed by atoms with E-state index in [4.69, 9.17) is 15.2 Å². The lowest BCUT2D eigenvalue weighted by atomic mass is 9.95. The highest BCUT2D eigenvalue weighted by molar-refractivity contribution is 14.0. The van der Waals surface area contributed by atoms with E-state index in [1.165, 1.54) is 0 Å². The van der Waals surface area contributed by atoms with Gasteiger partial charge in [0.2, 0.25) is 5.91 Å². The van der Waals surface area contributed by atoms with E-state index in [-0.39, 0.29) is 35.8 Å². The number of hydrogen-bond acceptors (Lipinski definition) is 4. The molecule has 2 rings (SSSR count). The number of likely N-dealkylation sites (tertiary alicyclic amines) is 1. The van der Waals surface area contributed by atoms with E-state index in [0.29, 0.717) is 24.5 Å². The zero-order valence-electron chi connectivity index (χ0n) is 16.0. The molecular formula is C18H28BrIN4O3. The predicted molar refractivity (Wildman–Crippen MR) is 121 cm³/mol. The predicted octanol–water partition coefficient (Wildman–Crippen LogP) is 2.75. The molecule has 1 aliphatic rings. The second-order valence-electron chi connectivity index (χ2n) is 6.34. The number of ether oxygens (including phenoxy) is 2. The maximum Gasteiger partial charge on any atom is 0.217 e. The lowest BCUT2D eigenvalue weighted by Gasteiger charge is -2.34. The zero-order chi connectivity index (χ0) is 19.1. The molecule has 1 unspecified atom stereocenters. The number of aliphatic imine (C=N–C) groups is 1. The van der Waals surface area contributed by atoms with Crippen molar-refractivity contribution >= 4 is 51.8 Å². The molecule has 1 aliphatic heterocycles. The standard InChI is InChI=1S/C18H27BrN4O3.HI/c1-21-18(23-6-4-5-12(11-23)9-16(20)24)22-10-13-7-14(19)17(26-3)15(8-13)25-2;/h7-8,12H,4-6,9-11H2,1-3H3,(H2,20,24)(H,21,22);1H. The van der Waals surface area contributed by atoms with Crippen LogP contribution >= 0.6 is 39.9 Å². The van der Waals surface area contributed by atoms with E-state index in [1.54, 1.807) is 21.3 Å². The lowest BCUT2D eigenvalue weighted by molar-refractivity contribution is -0.119. The number of guanidine groups is 1. The number of nitrogens with two attached hydrogens (primary N) is 1. The van der Waals surface area contributed by atoms with Gasteiger partial charge in [-0.15, -0.1) is 24.0 Å². The third-order valence-electron chi connectivity index (χ3n) is 4.46. The molecule has 3 N–H and O–H groups in total. The van der Waals surface area contributed by atoms with Crippen molar-refractivity contribution in [3.8, 4) is 11.5 Å². The second kappa shape index (κ2) is 11.6. The second-order valence-corrected chi connectivity index (χ2v) is 7.19. The fourth-order valence-corrected chi connectivity index (χ4v) is 3.95. The molecule has 1 aromatic carbocycles. The number of carbonyl (C=O) groups is 1. The number of benzene rings is 1. The number of nitrogens with zero attached hydrogens (tertiary/aromatic N) is 2. The summed E-state index contributed by atoms with van der Waals surface area (Å²) < 4.78 is 11.6. The first-order valence-electron chi connectivity index (χ1n) is 8.62. The van der Waals surface area contributed by atoms with Gasteiger partial charge in [-0.25, -0.2) is 0 Å². The minimum absolute atomic E-state index is 0. The Balaban J connectivity index is 0.00000364. The van der Waals surface area contributed by atoms with Gasteiger partial charge in [-0.05, 0) is 52.4 Å². The molecule has 7 nitrogen and oxygen atoms in total. The molecule has 9 heteroatoms. The summed E-state index contributed by atoms with van der Waals surface area (Å²) in [6, 6.07) is 3.93. The van der Waals surface area contributed by atoms with E-state index in [2.05, 4.69) is 31.1 Å². The average molecular weight is 555 g/mol. The van der Waals surface area contributed by atoms with Crippen LogP contribution in [0.5, 0.6) is 11.5 Å². The number of halogens is 2.